The van der Waals surface area contributed by atoms with E-state index in [1.165, 1.54) is 11.3 Å². The van der Waals surface area contributed by atoms with Crippen LogP contribution in [0.25, 0.3) is 0 Å². The Morgan fingerprint density at radius 2 is 1.77 bits per heavy atom. The van der Waals surface area contributed by atoms with Crippen LogP contribution < -0.4 is 9.80 Å². The minimum Gasteiger partial charge on any atom is -0.368 e. The molecule has 0 bridgehead atoms. The topological polar surface area (TPSA) is 47.1 Å². The second-order valence-corrected chi connectivity index (χ2v) is 8.94. The summed E-state index contributed by atoms with van der Waals surface area (Å²) in [6.45, 7) is 5.99. The van der Waals surface area contributed by atoms with Crippen LogP contribution in [0.15, 0.2) is 42.5 Å². The summed E-state index contributed by atoms with van der Waals surface area (Å²) in [6.07, 6.45) is 3.30. The van der Waals surface area contributed by atoms with Crippen molar-refractivity contribution in [3.63, 3.8) is 0 Å². The lowest BCUT2D eigenvalue weighted by atomic mass is 9.97. The van der Waals surface area contributed by atoms with E-state index in [0.29, 0.717) is 24.2 Å². The van der Waals surface area contributed by atoms with E-state index in [4.69, 9.17) is 0 Å². The van der Waals surface area contributed by atoms with Gasteiger partial charge in [0.1, 0.15) is 6.17 Å². The average molecular weight is 419 g/mol. The molecule has 0 aliphatic carbocycles. The SMILES string of the molecule is Cc1cccc(N2CCN(C(=O)c3ccc4c(c3)N(C)[C@H]3CCCCN3C4=O)CC2)c1. The highest BCUT2D eigenvalue weighted by atomic mass is 16.2. The molecular formula is C25H30N4O2. The van der Waals surface area contributed by atoms with Gasteiger partial charge < -0.3 is 19.6 Å². The van der Waals surface area contributed by atoms with Crippen LogP contribution in [0.5, 0.6) is 0 Å². The van der Waals surface area contributed by atoms with Crippen molar-refractivity contribution in [2.75, 3.05) is 49.6 Å². The molecule has 6 nitrogen and oxygen atoms in total. The van der Waals surface area contributed by atoms with E-state index >= 15 is 0 Å². The standard InChI is InChI=1S/C25H30N4O2/c1-18-6-5-7-20(16-18)27-12-14-28(15-13-27)24(30)19-9-10-21-22(17-19)26(2)23-8-3-4-11-29(23)25(21)31/h5-7,9-10,16-17,23H,3-4,8,11-15H2,1-2H3/t23-/m1/s1. The number of fused-ring (bicyclic) bond motifs is 2. The molecule has 2 fully saturated rings. The lowest BCUT2D eigenvalue weighted by Crippen LogP contribution is -2.56. The normalized spacial score (nSPS) is 21.1. The number of anilines is 2. The van der Waals surface area contributed by atoms with Crippen LogP contribution in [-0.2, 0) is 0 Å². The van der Waals surface area contributed by atoms with E-state index in [0.717, 1.165) is 44.6 Å². The second kappa shape index (κ2) is 7.91. The lowest BCUT2D eigenvalue weighted by molar-refractivity contribution is 0.0588. The molecule has 2 aromatic rings. The van der Waals surface area contributed by atoms with Gasteiger partial charge in [0.2, 0.25) is 0 Å². The van der Waals surface area contributed by atoms with Gasteiger partial charge in [-0.25, -0.2) is 0 Å². The first-order valence-electron chi connectivity index (χ1n) is 11.3. The van der Waals surface area contributed by atoms with Crippen LogP contribution in [0.3, 0.4) is 0 Å². The molecule has 2 aromatic carbocycles. The van der Waals surface area contributed by atoms with Crippen LogP contribution in [0, 0.1) is 6.92 Å². The quantitative estimate of drug-likeness (QED) is 0.750. The molecule has 1 atom stereocenters. The van der Waals surface area contributed by atoms with Gasteiger partial charge >= 0.3 is 0 Å². The Morgan fingerprint density at radius 1 is 0.968 bits per heavy atom. The molecule has 3 heterocycles. The van der Waals surface area contributed by atoms with Crippen molar-refractivity contribution in [3.8, 4) is 0 Å². The minimum atomic E-state index is 0.0543. The summed E-state index contributed by atoms with van der Waals surface area (Å²) in [5.74, 6) is 0.155. The molecule has 5 rings (SSSR count). The van der Waals surface area contributed by atoms with E-state index in [-0.39, 0.29) is 18.0 Å². The third kappa shape index (κ3) is 3.54. The summed E-state index contributed by atoms with van der Waals surface area (Å²) in [5.41, 5.74) is 4.74. The van der Waals surface area contributed by atoms with Gasteiger partial charge in [0, 0.05) is 51.0 Å². The van der Waals surface area contributed by atoms with Crippen LogP contribution in [0.1, 0.15) is 45.5 Å². The number of benzene rings is 2. The van der Waals surface area contributed by atoms with Gasteiger partial charge in [-0.2, -0.15) is 0 Å². The minimum absolute atomic E-state index is 0.0543. The molecule has 31 heavy (non-hydrogen) atoms. The number of amides is 2. The van der Waals surface area contributed by atoms with Gasteiger partial charge in [-0.3, -0.25) is 9.59 Å². The predicted molar refractivity (Wildman–Crippen MR) is 123 cm³/mol. The Bertz CT molecular complexity index is 1010. The van der Waals surface area contributed by atoms with E-state index in [1.54, 1.807) is 0 Å². The van der Waals surface area contributed by atoms with Crippen LogP contribution >= 0.6 is 0 Å². The molecule has 3 aliphatic heterocycles. The number of piperidine rings is 1. The maximum atomic E-state index is 13.2. The number of hydrogen-bond acceptors (Lipinski definition) is 4. The summed E-state index contributed by atoms with van der Waals surface area (Å²) < 4.78 is 0. The Kier molecular flexibility index (Phi) is 5.08. The molecular weight excluding hydrogens is 388 g/mol. The zero-order valence-electron chi connectivity index (χ0n) is 18.4. The van der Waals surface area contributed by atoms with E-state index in [1.807, 2.05) is 35.0 Å². The molecule has 0 unspecified atom stereocenters. The summed E-state index contributed by atoms with van der Waals surface area (Å²) in [6, 6.07) is 14.1. The first kappa shape index (κ1) is 19.9. The number of nitrogens with zero attached hydrogens (tertiary/aromatic N) is 4. The number of hydrogen-bond donors (Lipinski definition) is 0. The molecule has 0 aromatic heterocycles. The molecule has 2 amide bonds. The first-order chi connectivity index (χ1) is 15.0. The number of piperazine rings is 1. The summed E-state index contributed by atoms with van der Waals surface area (Å²) >= 11 is 0. The van der Waals surface area contributed by atoms with Crippen molar-refractivity contribution in [1.82, 2.24) is 9.80 Å². The highest BCUT2D eigenvalue weighted by molar-refractivity contribution is 6.04. The Labute approximate surface area is 184 Å². The van der Waals surface area contributed by atoms with Gasteiger partial charge in [0.25, 0.3) is 11.8 Å². The predicted octanol–water partition coefficient (Wildman–Crippen LogP) is 3.36. The highest BCUT2D eigenvalue weighted by Crippen LogP contribution is 2.35. The number of aryl methyl sites for hydroxylation is 1. The van der Waals surface area contributed by atoms with E-state index < -0.39 is 0 Å². The van der Waals surface area contributed by atoms with Crippen molar-refractivity contribution < 1.29 is 9.59 Å². The number of carbonyl (C=O) groups is 2. The fourth-order valence-corrected chi connectivity index (χ4v) is 5.18. The van der Waals surface area contributed by atoms with Gasteiger partial charge in [-0.05, 0) is 62.1 Å². The van der Waals surface area contributed by atoms with Crippen molar-refractivity contribution >= 4 is 23.2 Å². The third-order valence-corrected chi connectivity index (χ3v) is 6.97. The first-order valence-corrected chi connectivity index (χ1v) is 11.3. The molecule has 0 spiro atoms. The average Bonchev–Trinajstić information content (AvgIpc) is 2.82. The molecule has 2 saturated heterocycles. The molecule has 3 aliphatic rings. The molecule has 0 radical (unpaired) electrons. The maximum Gasteiger partial charge on any atom is 0.257 e. The third-order valence-electron chi connectivity index (χ3n) is 6.97. The van der Waals surface area contributed by atoms with Crippen molar-refractivity contribution in [2.45, 2.75) is 32.4 Å². The summed E-state index contributed by atoms with van der Waals surface area (Å²) in [7, 11) is 2.04. The Hall–Kier alpha value is -3.02. The number of rotatable bonds is 2. The van der Waals surface area contributed by atoms with Crippen LogP contribution in [0.4, 0.5) is 11.4 Å². The molecule has 6 heteroatoms. The zero-order chi connectivity index (χ0) is 21.5. The summed E-state index contributed by atoms with van der Waals surface area (Å²) in [5, 5.41) is 0. The monoisotopic (exact) mass is 418 g/mol. The largest absolute Gasteiger partial charge is 0.368 e. The van der Waals surface area contributed by atoms with Crippen LogP contribution in [-0.4, -0.2) is 67.6 Å². The van der Waals surface area contributed by atoms with Crippen molar-refractivity contribution in [3.05, 3.63) is 59.2 Å². The number of carbonyl (C=O) groups excluding carboxylic acids is 2. The second-order valence-electron chi connectivity index (χ2n) is 8.94. The molecule has 0 saturated carbocycles. The van der Waals surface area contributed by atoms with Crippen molar-refractivity contribution in [2.24, 2.45) is 0 Å². The lowest BCUT2D eigenvalue weighted by Gasteiger charge is -2.46. The maximum absolute atomic E-state index is 13.2. The van der Waals surface area contributed by atoms with Crippen molar-refractivity contribution in [1.29, 1.82) is 0 Å². The van der Waals surface area contributed by atoms with Gasteiger partial charge in [0.15, 0.2) is 0 Å². The van der Waals surface area contributed by atoms with Gasteiger partial charge in [-0.15, -0.1) is 0 Å². The van der Waals surface area contributed by atoms with E-state index in [9.17, 15) is 9.59 Å². The van der Waals surface area contributed by atoms with Crippen LogP contribution in [0.2, 0.25) is 0 Å². The van der Waals surface area contributed by atoms with Gasteiger partial charge in [0.05, 0.1) is 11.3 Å². The van der Waals surface area contributed by atoms with E-state index in [2.05, 4.69) is 41.0 Å². The molecule has 162 valence electrons. The fourth-order valence-electron chi connectivity index (χ4n) is 5.18. The van der Waals surface area contributed by atoms with Gasteiger partial charge in [-0.1, -0.05) is 12.1 Å². The Balaban J connectivity index is 1.32. The summed E-state index contributed by atoms with van der Waals surface area (Å²) in [4.78, 5) is 34.7. The smallest absolute Gasteiger partial charge is 0.257 e. The Morgan fingerprint density at radius 3 is 2.55 bits per heavy atom. The zero-order valence-corrected chi connectivity index (χ0v) is 18.4. The fraction of sp³-hybridized carbons (Fsp3) is 0.440. The molecule has 0 N–H and O–H groups in total. The highest BCUT2D eigenvalue weighted by Gasteiger charge is 2.37.